The quantitative estimate of drug-likeness (QED) is 0.619. The van der Waals surface area contributed by atoms with Gasteiger partial charge in [-0.2, -0.15) is 0 Å². The maximum Gasteiger partial charge on any atom is 0.134 e. The van der Waals surface area contributed by atoms with Crippen LogP contribution >= 0.6 is 0 Å². The maximum absolute atomic E-state index is 5.48. The molecular weight excluding hydrogens is 200 g/mol. The molecule has 1 aromatic carbocycles. The Bertz CT molecular complexity index is 643. The summed E-state index contributed by atoms with van der Waals surface area (Å²) in [5.74, 6) is 0.766. The van der Waals surface area contributed by atoms with Crippen LogP contribution in [0.2, 0.25) is 0 Å². The molecule has 2 heterocycles. The van der Waals surface area contributed by atoms with E-state index in [0.717, 1.165) is 28.1 Å². The SMILES string of the molecule is Cc1nccc(-c2coc3ccccc23)n1. The summed E-state index contributed by atoms with van der Waals surface area (Å²) in [7, 11) is 0. The summed E-state index contributed by atoms with van der Waals surface area (Å²) in [5, 5.41) is 1.08. The molecule has 0 amide bonds. The molecule has 0 atom stereocenters. The molecule has 0 aliphatic heterocycles. The molecule has 3 heteroatoms. The number of nitrogens with zero attached hydrogens (tertiary/aromatic N) is 2. The summed E-state index contributed by atoms with van der Waals surface area (Å²) in [6.07, 6.45) is 3.51. The number of hydrogen-bond donors (Lipinski definition) is 0. The number of aryl methyl sites for hydroxylation is 1. The lowest BCUT2D eigenvalue weighted by Gasteiger charge is -1.97. The molecule has 0 radical (unpaired) electrons. The van der Waals surface area contributed by atoms with Crippen molar-refractivity contribution in [1.82, 2.24) is 9.97 Å². The Balaban J connectivity index is 2.26. The summed E-state index contributed by atoms with van der Waals surface area (Å²) < 4.78 is 5.48. The first-order chi connectivity index (χ1) is 7.84. The van der Waals surface area contributed by atoms with E-state index in [4.69, 9.17) is 4.42 Å². The van der Waals surface area contributed by atoms with Crippen LogP contribution in [0.25, 0.3) is 22.2 Å². The summed E-state index contributed by atoms with van der Waals surface area (Å²) in [4.78, 5) is 8.48. The van der Waals surface area contributed by atoms with Crippen molar-refractivity contribution < 1.29 is 4.42 Å². The molecule has 0 aliphatic carbocycles. The third kappa shape index (κ3) is 1.37. The molecule has 0 fully saturated rings. The van der Waals surface area contributed by atoms with Gasteiger partial charge in [-0.25, -0.2) is 9.97 Å². The summed E-state index contributed by atoms with van der Waals surface area (Å²) in [6.45, 7) is 1.88. The minimum absolute atomic E-state index is 0.766. The van der Waals surface area contributed by atoms with Crippen LogP contribution in [0.4, 0.5) is 0 Å². The van der Waals surface area contributed by atoms with Gasteiger partial charge in [-0.3, -0.25) is 0 Å². The highest BCUT2D eigenvalue weighted by Crippen LogP contribution is 2.28. The van der Waals surface area contributed by atoms with Crippen molar-refractivity contribution in [2.24, 2.45) is 0 Å². The molecule has 0 saturated carbocycles. The zero-order chi connectivity index (χ0) is 11.0. The van der Waals surface area contributed by atoms with E-state index >= 15 is 0 Å². The van der Waals surface area contributed by atoms with E-state index in [9.17, 15) is 0 Å². The number of benzene rings is 1. The number of furan rings is 1. The highest BCUT2D eigenvalue weighted by molar-refractivity contribution is 5.92. The molecule has 78 valence electrons. The molecule has 16 heavy (non-hydrogen) atoms. The summed E-state index contributed by atoms with van der Waals surface area (Å²) >= 11 is 0. The van der Waals surface area contributed by atoms with Gasteiger partial charge in [0.2, 0.25) is 0 Å². The van der Waals surface area contributed by atoms with Gasteiger partial charge < -0.3 is 4.42 Å². The Hall–Kier alpha value is -2.16. The first-order valence-electron chi connectivity index (χ1n) is 5.11. The minimum atomic E-state index is 0.766. The molecule has 3 nitrogen and oxygen atoms in total. The Morgan fingerprint density at radius 1 is 1.12 bits per heavy atom. The van der Waals surface area contributed by atoms with Gasteiger partial charge in [0, 0.05) is 17.1 Å². The van der Waals surface area contributed by atoms with Crippen LogP contribution < -0.4 is 0 Å². The average molecular weight is 210 g/mol. The van der Waals surface area contributed by atoms with E-state index in [0.29, 0.717) is 0 Å². The van der Waals surface area contributed by atoms with E-state index in [1.165, 1.54) is 0 Å². The largest absolute Gasteiger partial charge is 0.464 e. The molecule has 0 aliphatic rings. The maximum atomic E-state index is 5.48. The third-order valence-corrected chi connectivity index (χ3v) is 2.53. The highest BCUT2D eigenvalue weighted by Gasteiger charge is 2.08. The van der Waals surface area contributed by atoms with Crippen LogP contribution in [0.3, 0.4) is 0 Å². The topological polar surface area (TPSA) is 38.9 Å². The summed E-state index contributed by atoms with van der Waals surface area (Å²) in [5.41, 5.74) is 2.80. The molecule has 0 N–H and O–H groups in total. The molecular formula is C13H10N2O. The zero-order valence-electron chi connectivity index (χ0n) is 8.84. The van der Waals surface area contributed by atoms with Gasteiger partial charge in [-0.1, -0.05) is 18.2 Å². The number of para-hydroxylation sites is 1. The Morgan fingerprint density at radius 3 is 2.88 bits per heavy atom. The monoisotopic (exact) mass is 210 g/mol. The van der Waals surface area contributed by atoms with Crippen molar-refractivity contribution in [2.45, 2.75) is 6.92 Å². The van der Waals surface area contributed by atoms with Gasteiger partial charge in [0.15, 0.2) is 0 Å². The van der Waals surface area contributed by atoms with Crippen LogP contribution in [0.1, 0.15) is 5.82 Å². The van der Waals surface area contributed by atoms with Crippen molar-refractivity contribution >= 4 is 11.0 Å². The van der Waals surface area contributed by atoms with Crippen molar-refractivity contribution in [3.05, 3.63) is 48.6 Å². The Labute approximate surface area is 92.8 Å². The van der Waals surface area contributed by atoms with Gasteiger partial charge in [0.05, 0.1) is 5.69 Å². The number of aromatic nitrogens is 2. The molecule has 0 spiro atoms. The molecule has 0 unspecified atom stereocenters. The smallest absolute Gasteiger partial charge is 0.134 e. The number of hydrogen-bond acceptors (Lipinski definition) is 3. The van der Waals surface area contributed by atoms with Crippen molar-refractivity contribution in [3.8, 4) is 11.3 Å². The van der Waals surface area contributed by atoms with E-state index in [1.54, 1.807) is 12.5 Å². The number of rotatable bonds is 1. The minimum Gasteiger partial charge on any atom is -0.464 e. The second kappa shape index (κ2) is 3.45. The predicted molar refractivity (Wildman–Crippen MR) is 62.0 cm³/mol. The lowest BCUT2D eigenvalue weighted by atomic mass is 10.1. The van der Waals surface area contributed by atoms with Crippen molar-refractivity contribution in [2.75, 3.05) is 0 Å². The van der Waals surface area contributed by atoms with Gasteiger partial charge in [0.25, 0.3) is 0 Å². The van der Waals surface area contributed by atoms with E-state index < -0.39 is 0 Å². The van der Waals surface area contributed by atoms with Gasteiger partial charge in [0.1, 0.15) is 17.7 Å². The van der Waals surface area contributed by atoms with Gasteiger partial charge in [-0.05, 0) is 19.1 Å². The number of fused-ring (bicyclic) bond motifs is 1. The van der Waals surface area contributed by atoms with Crippen LogP contribution in [0, 0.1) is 6.92 Å². The molecule has 3 aromatic rings. The third-order valence-electron chi connectivity index (χ3n) is 2.53. The highest BCUT2D eigenvalue weighted by atomic mass is 16.3. The van der Waals surface area contributed by atoms with Crippen molar-refractivity contribution in [1.29, 1.82) is 0 Å². The Kier molecular flexibility index (Phi) is 1.96. The second-order valence-electron chi connectivity index (χ2n) is 3.63. The lowest BCUT2D eigenvalue weighted by Crippen LogP contribution is -1.88. The van der Waals surface area contributed by atoms with Gasteiger partial charge >= 0.3 is 0 Å². The van der Waals surface area contributed by atoms with E-state index in [1.807, 2.05) is 37.3 Å². The second-order valence-corrected chi connectivity index (χ2v) is 3.63. The predicted octanol–water partition coefficient (Wildman–Crippen LogP) is 3.20. The Morgan fingerprint density at radius 2 is 2.00 bits per heavy atom. The van der Waals surface area contributed by atoms with Crippen molar-refractivity contribution in [3.63, 3.8) is 0 Å². The first kappa shape index (κ1) is 9.09. The molecule has 0 bridgehead atoms. The zero-order valence-corrected chi connectivity index (χ0v) is 8.84. The summed E-state index contributed by atoms with van der Waals surface area (Å²) in [6, 6.07) is 9.83. The van der Waals surface area contributed by atoms with Gasteiger partial charge in [-0.15, -0.1) is 0 Å². The normalized spacial score (nSPS) is 10.8. The fourth-order valence-electron chi connectivity index (χ4n) is 1.78. The lowest BCUT2D eigenvalue weighted by molar-refractivity contribution is 0.616. The molecule has 2 aromatic heterocycles. The van der Waals surface area contributed by atoms with E-state index in [-0.39, 0.29) is 0 Å². The molecule has 0 saturated heterocycles. The van der Waals surface area contributed by atoms with Crippen LogP contribution in [0.15, 0.2) is 47.2 Å². The molecule has 3 rings (SSSR count). The average Bonchev–Trinajstić information content (AvgIpc) is 2.72. The standard InChI is InChI=1S/C13H10N2O/c1-9-14-7-6-12(15-9)11-8-16-13-5-3-2-4-10(11)13/h2-8H,1H3. The fourth-order valence-corrected chi connectivity index (χ4v) is 1.78. The van der Waals surface area contributed by atoms with Crippen LogP contribution in [-0.4, -0.2) is 9.97 Å². The van der Waals surface area contributed by atoms with Crippen LogP contribution in [0.5, 0.6) is 0 Å². The fraction of sp³-hybridized carbons (Fsp3) is 0.0769. The van der Waals surface area contributed by atoms with E-state index in [2.05, 4.69) is 9.97 Å². The first-order valence-corrected chi connectivity index (χ1v) is 5.11. The van der Waals surface area contributed by atoms with Crippen LogP contribution in [-0.2, 0) is 0 Å².